The molecule has 1 atom stereocenters. The summed E-state index contributed by atoms with van der Waals surface area (Å²) >= 11 is 0. The fourth-order valence-electron chi connectivity index (χ4n) is 1.56. The summed E-state index contributed by atoms with van der Waals surface area (Å²) in [4.78, 5) is 4.00. The van der Waals surface area contributed by atoms with Gasteiger partial charge < -0.3 is 9.88 Å². The van der Waals surface area contributed by atoms with E-state index in [9.17, 15) is 0 Å². The van der Waals surface area contributed by atoms with E-state index in [1.165, 1.54) is 19.4 Å². The number of hydrogen-bond donors (Lipinski definition) is 1. The van der Waals surface area contributed by atoms with Gasteiger partial charge in [-0.3, -0.25) is 0 Å². The van der Waals surface area contributed by atoms with Crippen molar-refractivity contribution in [2.24, 2.45) is 0 Å². The Balaban J connectivity index is 0.000000720. The van der Waals surface area contributed by atoms with E-state index in [2.05, 4.69) is 14.9 Å². The molecule has 2 rings (SSSR count). The molecular formula is C8H15Cl2N3. The number of hydrogen-bond acceptors (Lipinski definition) is 2. The predicted octanol–water partition coefficient (Wildman–Crippen LogP) is 1.48. The highest BCUT2D eigenvalue weighted by atomic mass is 35.5. The Morgan fingerprint density at radius 1 is 1.46 bits per heavy atom. The Kier molecular flexibility index (Phi) is 6.12. The van der Waals surface area contributed by atoms with Crippen LogP contribution >= 0.6 is 24.8 Å². The van der Waals surface area contributed by atoms with Crippen molar-refractivity contribution in [2.75, 3.05) is 6.54 Å². The maximum absolute atomic E-state index is 4.00. The smallest absolute Gasteiger partial charge is 0.0946 e. The first-order valence-electron chi connectivity index (χ1n) is 4.14. The Morgan fingerprint density at radius 2 is 2.31 bits per heavy atom. The summed E-state index contributed by atoms with van der Waals surface area (Å²) in [6, 6.07) is 0.671. The highest BCUT2D eigenvalue weighted by molar-refractivity contribution is 5.85. The Morgan fingerprint density at radius 3 is 2.85 bits per heavy atom. The molecule has 5 heteroatoms. The predicted molar refractivity (Wildman–Crippen MR) is 57.7 cm³/mol. The number of aromatic nitrogens is 2. The molecule has 0 saturated carbocycles. The lowest BCUT2D eigenvalue weighted by atomic mass is 10.2. The summed E-state index contributed by atoms with van der Waals surface area (Å²) < 4.78 is 2.13. The molecule has 1 unspecified atom stereocenters. The number of rotatable bonds is 2. The zero-order chi connectivity index (χ0) is 7.52. The van der Waals surface area contributed by atoms with Gasteiger partial charge in [0.05, 0.1) is 6.33 Å². The van der Waals surface area contributed by atoms with Crippen LogP contribution in [0.1, 0.15) is 12.8 Å². The molecule has 1 fully saturated rings. The number of nitrogens with zero attached hydrogens (tertiary/aromatic N) is 2. The zero-order valence-corrected chi connectivity index (χ0v) is 8.98. The highest BCUT2D eigenvalue weighted by Gasteiger charge is 2.13. The fourth-order valence-corrected chi connectivity index (χ4v) is 1.56. The largest absolute Gasteiger partial charge is 0.336 e. The summed E-state index contributed by atoms with van der Waals surface area (Å²) in [5.74, 6) is 0. The number of nitrogens with one attached hydrogen (secondary N) is 1. The van der Waals surface area contributed by atoms with Gasteiger partial charge in [0.15, 0.2) is 0 Å². The van der Waals surface area contributed by atoms with Gasteiger partial charge in [0, 0.05) is 25.0 Å². The summed E-state index contributed by atoms with van der Waals surface area (Å²) in [7, 11) is 0. The first kappa shape index (κ1) is 12.8. The van der Waals surface area contributed by atoms with Gasteiger partial charge in [-0.25, -0.2) is 4.98 Å². The van der Waals surface area contributed by atoms with Crippen molar-refractivity contribution in [1.29, 1.82) is 0 Å². The topological polar surface area (TPSA) is 29.9 Å². The minimum absolute atomic E-state index is 0. The van der Waals surface area contributed by atoms with Gasteiger partial charge in [-0.2, -0.15) is 0 Å². The molecule has 0 spiro atoms. The zero-order valence-electron chi connectivity index (χ0n) is 7.35. The summed E-state index contributed by atoms with van der Waals surface area (Å²) in [6.45, 7) is 2.25. The summed E-state index contributed by atoms with van der Waals surface area (Å²) in [5.41, 5.74) is 0. The standard InChI is InChI=1S/C8H13N3.2ClH/c1-2-8(10-3-1)6-11-5-4-9-7-11;;/h4-5,7-8,10H,1-3,6H2;2*1H. The van der Waals surface area contributed by atoms with Crippen molar-refractivity contribution in [2.45, 2.75) is 25.4 Å². The Bertz CT molecular complexity index is 207. The van der Waals surface area contributed by atoms with Crippen LogP contribution in [0.5, 0.6) is 0 Å². The van der Waals surface area contributed by atoms with Gasteiger partial charge in [0.2, 0.25) is 0 Å². The van der Waals surface area contributed by atoms with Crippen LogP contribution in [0.25, 0.3) is 0 Å². The van der Waals surface area contributed by atoms with Crippen LogP contribution in [0.3, 0.4) is 0 Å². The van der Waals surface area contributed by atoms with Crippen molar-refractivity contribution >= 4 is 24.8 Å². The van der Waals surface area contributed by atoms with E-state index < -0.39 is 0 Å². The van der Waals surface area contributed by atoms with E-state index >= 15 is 0 Å². The van der Waals surface area contributed by atoms with Crippen molar-refractivity contribution < 1.29 is 0 Å². The molecule has 13 heavy (non-hydrogen) atoms. The van der Waals surface area contributed by atoms with Gasteiger partial charge in [-0.1, -0.05) is 0 Å². The number of imidazole rings is 1. The van der Waals surface area contributed by atoms with E-state index in [-0.39, 0.29) is 24.8 Å². The third kappa shape index (κ3) is 3.55. The van der Waals surface area contributed by atoms with Crippen molar-refractivity contribution in [3.8, 4) is 0 Å². The average molecular weight is 224 g/mol. The second-order valence-electron chi connectivity index (χ2n) is 3.05. The molecule has 1 aromatic heterocycles. The van der Waals surface area contributed by atoms with Crippen molar-refractivity contribution in [3.63, 3.8) is 0 Å². The molecule has 0 aromatic carbocycles. The van der Waals surface area contributed by atoms with Crippen LogP contribution in [0.4, 0.5) is 0 Å². The molecular weight excluding hydrogens is 209 g/mol. The maximum Gasteiger partial charge on any atom is 0.0946 e. The molecule has 1 aromatic rings. The second kappa shape index (κ2) is 6.24. The third-order valence-corrected chi connectivity index (χ3v) is 2.15. The van der Waals surface area contributed by atoms with E-state index in [4.69, 9.17) is 0 Å². The lowest BCUT2D eigenvalue weighted by Gasteiger charge is -2.09. The minimum Gasteiger partial charge on any atom is -0.336 e. The highest BCUT2D eigenvalue weighted by Crippen LogP contribution is 2.06. The molecule has 0 aliphatic carbocycles. The van der Waals surface area contributed by atoms with Crippen LogP contribution in [-0.2, 0) is 6.54 Å². The second-order valence-corrected chi connectivity index (χ2v) is 3.05. The molecule has 1 N–H and O–H groups in total. The Hall–Kier alpha value is -0.250. The molecule has 76 valence electrons. The van der Waals surface area contributed by atoms with Crippen LogP contribution in [0, 0.1) is 0 Å². The third-order valence-electron chi connectivity index (χ3n) is 2.15. The summed E-state index contributed by atoms with van der Waals surface area (Å²) in [6.07, 6.45) is 8.34. The van der Waals surface area contributed by atoms with Gasteiger partial charge in [-0.05, 0) is 19.4 Å². The molecule has 0 bridgehead atoms. The lowest BCUT2D eigenvalue weighted by Crippen LogP contribution is -2.26. The van der Waals surface area contributed by atoms with Crippen molar-refractivity contribution in [3.05, 3.63) is 18.7 Å². The van der Waals surface area contributed by atoms with Crippen LogP contribution < -0.4 is 5.32 Å². The van der Waals surface area contributed by atoms with Crippen LogP contribution in [0.2, 0.25) is 0 Å². The number of halogens is 2. The van der Waals surface area contributed by atoms with E-state index in [0.717, 1.165) is 6.54 Å². The van der Waals surface area contributed by atoms with Crippen LogP contribution in [-0.4, -0.2) is 22.1 Å². The van der Waals surface area contributed by atoms with E-state index in [1.807, 2.05) is 18.7 Å². The van der Waals surface area contributed by atoms with E-state index in [0.29, 0.717) is 6.04 Å². The van der Waals surface area contributed by atoms with Crippen LogP contribution in [0.15, 0.2) is 18.7 Å². The monoisotopic (exact) mass is 223 g/mol. The van der Waals surface area contributed by atoms with Gasteiger partial charge in [-0.15, -0.1) is 24.8 Å². The normalized spacial score (nSPS) is 20.5. The molecule has 1 saturated heterocycles. The Labute approximate surface area is 90.7 Å². The molecule has 0 radical (unpaired) electrons. The van der Waals surface area contributed by atoms with E-state index in [1.54, 1.807) is 0 Å². The van der Waals surface area contributed by atoms with Crippen molar-refractivity contribution in [1.82, 2.24) is 14.9 Å². The summed E-state index contributed by atoms with van der Waals surface area (Å²) in [5, 5.41) is 3.45. The molecule has 1 aliphatic heterocycles. The van der Waals surface area contributed by atoms with Gasteiger partial charge >= 0.3 is 0 Å². The quantitative estimate of drug-likeness (QED) is 0.824. The molecule has 0 amide bonds. The lowest BCUT2D eigenvalue weighted by molar-refractivity contribution is 0.509. The van der Waals surface area contributed by atoms with Gasteiger partial charge in [0.1, 0.15) is 0 Å². The molecule has 1 aliphatic rings. The first-order chi connectivity index (χ1) is 5.45. The minimum atomic E-state index is 0. The average Bonchev–Trinajstić information content (AvgIpc) is 2.60. The molecule has 3 nitrogen and oxygen atoms in total. The van der Waals surface area contributed by atoms with Gasteiger partial charge in [0.25, 0.3) is 0 Å². The first-order valence-corrected chi connectivity index (χ1v) is 4.14. The molecule has 2 heterocycles. The fraction of sp³-hybridized carbons (Fsp3) is 0.625. The SMILES string of the molecule is Cl.Cl.c1cn(CC2CCCN2)cn1. The maximum atomic E-state index is 4.00.